The van der Waals surface area contributed by atoms with Crippen LogP contribution in [0.15, 0.2) is 36.7 Å². The summed E-state index contributed by atoms with van der Waals surface area (Å²) in [5.41, 5.74) is 0.645. The van der Waals surface area contributed by atoms with Gasteiger partial charge in [-0.25, -0.2) is 0 Å². The summed E-state index contributed by atoms with van der Waals surface area (Å²) in [4.78, 5) is 11.9. The first-order valence-electron chi connectivity index (χ1n) is 6.21. The number of hydrogen-bond acceptors (Lipinski definition) is 4. The first kappa shape index (κ1) is 13.9. The molecule has 1 aromatic carbocycles. The van der Waals surface area contributed by atoms with Crippen LogP contribution in [0.5, 0.6) is 11.5 Å². The Bertz CT molecular complexity index is 545. The highest BCUT2D eigenvalue weighted by Gasteiger charge is 2.06. The number of aromatic nitrogens is 2. The summed E-state index contributed by atoms with van der Waals surface area (Å²) < 4.78 is 12.0. The second kappa shape index (κ2) is 6.60. The molecule has 0 spiro atoms. The third-order valence-corrected chi connectivity index (χ3v) is 2.76. The summed E-state index contributed by atoms with van der Waals surface area (Å²) in [6.07, 6.45) is 3.86. The molecule has 0 atom stereocenters. The Labute approximate surface area is 117 Å². The van der Waals surface area contributed by atoms with Crippen LogP contribution in [-0.4, -0.2) is 29.9 Å². The molecule has 0 aliphatic carbocycles. The van der Waals surface area contributed by atoms with Crippen LogP contribution in [0.3, 0.4) is 0 Å². The van der Waals surface area contributed by atoms with Crippen molar-refractivity contribution in [3.8, 4) is 11.5 Å². The van der Waals surface area contributed by atoms with Crippen LogP contribution in [-0.2, 0) is 11.3 Å². The lowest BCUT2D eigenvalue weighted by Gasteiger charge is -2.10. The molecule has 1 aromatic heterocycles. The number of ether oxygens (including phenoxy) is 2. The Hall–Kier alpha value is -2.50. The smallest absolute Gasteiger partial charge is 0.226 e. The number of nitrogens with zero attached hydrogens (tertiary/aromatic N) is 2. The fourth-order valence-corrected chi connectivity index (χ4v) is 1.75. The predicted molar refractivity (Wildman–Crippen MR) is 75.0 cm³/mol. The third kappa shape index (κ3) is 3.74. The number of nitrogens with one attached hydrogen (secondary N) is 1. The van der Waals surface area contributed by atoms with Crippen molar-refractivity contribution in [2.75, 3.05) is 19.5 Å². The average molecular weight is 275 g/mol. The van der Waals surface area contributed by atoms with Gasteiger partial charge in [0, 0.05) is 49.2 Å². The summed E-state index contributed by atoms with van der Waals surface area (Å²) in [5, 5.41) is 6.86. The van der Waals surface area contributed by atoms with Gasteiger partial charge in [-0.15, -0.1) is 0 Å². The zero-order valence-corrected chi connectivity index (χ0v) is 11.5. The minimum absolute atomic E-state index is 0.0872. The Morgan fingerprint density at radius 2 is 1.95 bits per heavy atom. The summed E-state index contributed by atoms with van der Waals surface area (Å²) in [6, 6.07) is 7.06. The number of aryl methyl sites for hydroxylation is 1. The van der Waals surface area contributed by atoms with Crippen molar-refractivity contribution >= 4 is 11.6 Å². The minimum atomic E-state index is -0.0872. The van der Waals surface area contributed by atoms with Crippen LogP contribution >= 0.6 is 0 Å². The lowest BCUT2D eigenvalue weighted by atomic mass is 10.2. The average Bonchev–Trinajstić information content (AvgIpc) is 2.98. The summed E-state index contributed by atoms with van der Waals surface area (Å²) in [7, 11) is 3.14. The zero-order chi connectivity index (χ0) is 14.4. The third-order valence-electron chi connectivity index (χ3n) is 2.76. The molecule has 0 unspecified atom stereocenters. The van der Waals surface area contributed by atoms with Crippen LogP contribution in [0.2, 0.25) is 0 Å². The number of benzene rings is 1. The van der Waals surface area contributed by atoms with E-state index in [9.17, 15) is 4.79 Å². The van der Waals surface area contributed by atoms with Crippen molar-refractivity contribution in [2.24, 2.45) is 0 Å². The van der Waals surface area contributed by atoms with Crippen molar-refractivity contribution in [3.63, 3.8) is 0 Å². The molecule has 2 rings (SSSR count). The SMILES string of the molecule is COc1cc(NC(=O)CCn2cccn2)cc(OC)c1. The van der Waals surface area contributed by atoms with E-state index < -0.39 is 0 Å². The van der Waals surface area contributed by atoms with E-state index in [1.807, 2.05) is 12.3 Å². The van der Waals surface area contributed by atoms with Crippen LogP contribution < -0.4 is 14.8 Å². The number of carbonyl (C=O) groups excluding carboxylic acids is 1. The van der Waals surface area contributed by atoms with Crippen molar-refractivity contribution in [2.45, 2.75) is 13.0 Å². The molecule has 0 aliphatic rings. The highest BCUT2D eigenvalue weighted by atomic mass is 16.5. The Morgan fingerprint density at radius 1 is 1.25 bits per heavy atom. The maximum Gasteiger partial charge on any atom is 0.226 e. The molecule has 0 saturated carbocycles. The normalized spacial score (nSPS) is 10.1. The molecule has 20 heavy (non-hydrogen) atoms. The number of amides is 1. The van der Waals surface area contributed by atoms with E-state index in [0.717, 1.165) is 0 Å². The quantitative estimate of drug-likeness (QED) is 0.874. The number of carbonyl (C=O) groups is 1. The predicted octanol–water partition coefficient (Wildman–Crippen LogP) is 1.93. The van der Waals surface area contributed by atoms with Gasteiger partial charge in [0.15, 0.2) is 0 Å². The molecule has 0 saturated heterocycles. The van der Waals surface area contributed by atoms with Gasteiger partial charge in [0.2, 0.25) is 5.91 Å². The summed E-state index contributed by atoms with van der Waals surface area (Å²) in [5.74, 6) is 1.18. The highest BCUT2D eigenvalue weighted by molar-refractivity contribution is 5.91. The second-order valence-corrected chi connectivity index (χ2v) is 4.17. The Morgan fingerprint density at radius 3 is 2.50 bits per heavy atom. The minimum Gasteiger partial charge on any atom is -0.497 e. The van der Waals surface area contributed by atoms with Gasteiger partial charge in [-0.1, -0.05) is 0 Å². The molecule has 6 nitrogen and oxygen atoms in total. The standard InChI is InChI=1S/C14H17N3O3/c1-19-12-8-11(9-13(10-12)20-2)16-14(18)4-7-17-6-3-5-15-17/h3,5-6,8-10H,4,7H2,1-2H3,(H,16,18). The molecule has 6 heteroatoms. The van der Waals surface area contributed by atoms with Gasteiger partial charge in [0.05, 0.1) is 14.2 Å². The van der Waals surface area contributed by atoms with E-state index in [1.54, 1.807) is 43.3 Å². The van der Waals surface area contributed by atoms with Crippen LogP contribution in [0.25, 0.3) is 0 Å². The molecule has 106 valence electrons. The summed E-state index contributed by atoms with van der Waals surface area (Å²) >= 11 is 0. The van der Waals surface area contributed by atoms with Crippen molar-refractivity contribution < 1.29 is 14.3 Å². The van der Waals surface area contributed by atoms with Crippen LogP contribution in [0.1, 0.15) is 6.42 Å². The maximum atomic E-state index is 11.9. The number of methoxy groups -OCH3 is 2. The van der Waals surface area contributed by atoms with Crippen molar-refractivity contribution in [1.29, 1.82) is 0 Å². The topological polar surface area (TPSA) is 65.4 Å². The van der Waals surface area contributed by atoms with Gasteiger partial charge in [-0.3, -0.25) is 9.48 Å². The number of anilines is 1. The van der Waals surface area contributed by atoms with Gasteiger partial charge in [-0.05, 0) is 6.07 Å². The van der Waals surface area contributed by atoms with Crippen molar-refractivity contribution in [1.82, 2.24) is 9.78 Å². The lowest BCUT2D eigenvalue weighted by Crippen LogP contribution is -2.14. The van der Waals surface area contributed by atoms with E-state index >= 15 is 0 Å². The molecule has 1 amide bonds. The van der Waals surface area contributed by atoms with Gasteiger partial charge >= 0.3 is 0 Å². The van der Waals surface area contributed by atoms with E-state index in [-0.39, 0.29) is 5.91 Å². The fourth-order valence-electron chi connectivity index (χ4n) is 1.75. The molecule has 0 bridgehead atoms. The number of hydrogen-bond donors (Lipinski definition) is 1. The van der Waals surface area contributed by atoms with E-state index in [0.29, 0.717) is 30.2 Å². The molecular weight excluding hydrogens is 258 g/mol. The monoisotopic (exact) mass is 275 g/mol. The van der Waals surface area contributed by atoms with Crippen LogP contribution in [0, 0.1) is 0 Å². The fraction of sp³-hybridized carbons (Fsp3) is 0.286. The van der Waals surface area contributed by atoms with Gasteiger partial charge in [0.1, 0.15) is 11.5 Å². The largest absolute Gasteiger partial charge is 0.497 e. The van der Waals surface area contributed by atoms with E-state index in [2.05, 4.69) is 10.4 Å². The van der Waals surface area contributed by atoms with E-state index in [4.69, 9.17) is 9.47 Å². The number of rotatable bonds is 6. The van der Waals surface area contributed by atoms with Gasteiger partial charge < -0.3 is 14.8 Å². The molecule has 0 aliphatic heterocycles. The molecule has 0 fully saturated rings. The highest BCUT2D eigenvalue weighted by Crippen LogP contribution is 2.25. The summed E-state index contributed by atoms with van der Waals surface area (Å²) in [6.45, 7) is 0.542. The van der Waals surface area contributed by atoms with Gasteiger partial charge in [0.25, 0.3) is 0 Å². The van der Waals surface area contributed by atoms with Crippen LogP contribution in [0.4, 0.5) is 5.69 Å². The second-order valence-electron chi connectivity index (χ2n) is 4.17. The Kier molecular flexibility index (Phi) is 4.60. The molecule has 1 heterocycles. The maximum absolute atomic E-state index is 11.9. The van der Waals surface area contributed by atoms with Crippen molar-refractivity contribution in [3.05, 3.63) is 36.7 Å². The molecule has 2 aromatic rings. The lowest BCUT2D eigenvalue weighted by molar-refractivity contribution is -0.116. The first-order chi connectivity index (χ1) is 9.71. The molecule has 0 radical (unpaired) electrons. The molecular formula is C14H17N3O3. The Balaban J connectivity index is 1.96. The first-order valence-corrected chi connectivity index (χ1v) is 6.21. The van der Waals surface area contributed by atoms with Gasteiger partial charge in [-0.2, -0.15) is 5.10 Å². The zero-order valence-electron chi connectivity index (χ0n) is 11.5. The van der Waals surface area contributed by atoms with E-state index in [1.165, 1.54) is 0 Å². The molecule has 1 N–H and O–H groups in total.